The zero-order valence-electron chi connectivity index (χ0n) is 19.1. The van der Waals surface area contributed by atoms with Gasteiger partial charge in [0.15, 0.2) is 5.65 Å². The van der Waals surface area contributed by atoms with E-state index in [2.05, 4.69) is 16.5 Å². The second-order valence-electron chi connectivity index (χ2n) is 9.24. The summed E-state index contributed by atoms with van der Waals surface area (Å²) in [5.74, 6) is 1.33. The van der Waals surface area contributed by atoms with Crippen molar-refractivity contribution in [3.63, 3.8) is 0 Å². The fourth-order valence-electron chi connectivity index (χ4n) is 4.73. The van der Waals surface area contributed by atoms with Crippen molar-refractivity contribution >= 4 is 44.7 Å². The number of likely N-dealkylation sites (tertiary alicyclic amines) is 1. The van der Waals surface area contributed by atoms with Gasteiger partial charge in [-0.2, -0.15) is 5.10 Å². The molecule has 5 rings (SSSR count). The van der Waals surface area contributed by atoms with Crippen LogP contribution in [0.1, 0.15) is 48.3 Å². The number of amides is 1. The molecule has 9 nitrogen and oxygen atoms in total. The summed E-state index contributed by atoms with van der Waals surface area (Å²) in [6, 6.07) is 8.26. The third-order valence-corrected chi connectivity index (χ3v) is 7.16. The topological polar surface area (TPSA) is 99.9 Å². The lowest BCUT2D eigenvalue weighted by molar-refractivity contribution is 0.0607. The van der Waals surface area contributed by atoms with Crippen molar-refractivity contribution < 1.29 is 13.2 Å². The van der Waals surface area contributed by atoms with Crippen molar-refractivity contribution in [1.29, 1.82) is 0 Å². The molecule has 180 valence electrons. The number of piperidine rings is 1. The van der Waals surface area contributed by atoms with Gasteiger partial charge in [-0.05, 0) is 49.4 Å². The molecule has 2 fully saturated rings. The Morgan fingerprint density at radius 2 is 1.97 bits per heavy atom. The van der Waals surface area contributed by atoms with E-state index in [1.54, 1.807) is 15.5 Å². The molecule has 11 heteroatoms. The molecule has 1 aromatic carbocycles. The van der Waals surface area contributed by atoms with Crippen LogP contribution in [0.5, 0.6) is 0 Å². The van der Waals surface area contributed by atoms with Crippen LogP contribution in [-0.4, -0.2) is 59.7 Å². The quantitative estimate of drug-likeness (QED) is 0.572. The van der Waals surface area contributed by atoms with E-state index in [1.807, 2.05) is 18.3 Å². The molecular formula is C23H27ClN6O3S. The molecule has 2 saturated heterocycles. The first-order valence-corrected chi connectivity index (χ1v) is 13.6. The second kappa shape index (κ2) is 8.74. The summed E-state index contributed by atoms with van der Waals surface area (Å²) in [5.41, 5.74) is 1.95. The minimum atomic E-state index is -3.56. The number of nitrogens with zero attached hydrogens (tertiary/aromatic N) is 5. The summed E-state index contributed by atoms with van der Waals surface area (Å²) >= 11 is 6.17. The van der Waals surface area contributed by atoms with E-state index in [1.165, 1.54) is 12.1 Å². The number of carbonyl (C=O) groups is 1. The Morgan fingerprint density at radius 1 is 1.18 bits per heavy atom. The average Bonchev–Trinajstić information content (AvgIpc) is 3.20. The van der Waals surface area contributed by atoms with Crippen LogP contribution in [0.3, 0.4) is 0 Å². The zero-order valence-corrected chi connectivity index (χ0v) is 20.7. The Kier molecular flexibility index (Phi) is 5.89. The van der Waals surface area contributed by atoms with Gasteiger partial charge in [-0.25, -0.2) is 17.9 Å². The lowest BCUT2D eigenvalue weighted by atomic mass is 9.98. The third-order valence-electron chi connectivity index (χ3n) is 6.33. The van der Waals surface area contributed by atoms with E-state index >= 15 is 0 Å². The number of sulfonamides is 1. The number of rotatable bonds is 5. The highest BCUT2D eigenvalue weighted by atomic mass is 35.5. The fourth-order valence-corrected chi connectivity index (χ4v) is 5.48. The number of halogens is 1. The number of hydrogen-bond acceptors (Lipinski definition) is 6. The van der Waals surface area contributed by atoms with Gasteiger partial charge < -0.3 is 9.80 Å². The highest BCUT2D eigenvalue weighted by molar-refractivity contribution is 7.92. The predicted octanol–water partition coefficient (Wildman–Crippen LogP) is 3.58. The molecule has 2 aliphatic rings. The Labute approximate surface area is 203 Å². The van der Waals surface area contributed by atoms with Crippen LogP contribution in [0.4, 0.5) is 11.5 Å². The van der Waals surface area contributed by atoms with Gasteiger partial charge in [-0.15, -0.1) is 0 Å². The summed E-state index contributed by atoms with van der Waals surface area (Å²) in [7, 11) is -3.56. The maximum absolute atomic E-state index is 13.7. The van der Waals surface area contributed by atoms with Crippen LogP contribution in [-0.2, 0) is 10.0 Å². The molecule has 0 aliphatic carbocycles. The monoisotopic (exact) mass is 502 g/mol. The number of benzene rings is 1. The van der Waals surface area contributed by atoms with E-state index in [0.29, 0.717) is 17.5 Å². The Balaban J connectivity index is 1.46. The number of fused-ring (bicyclic) bond motifs is 1. The third kappa shape index (κ3) is 4.56. The molecule has 34 heavy (non-hydrogen) atoms. The van der Waals surface area contributed by atoms with Crippen LogP contribution in [0.15, 0.2) is 36.5 Å². The summed E-state index contributed by atoms with van der Waals surface area (Å²) in [6.45, 7) is 4.76. The van der Waals surface area contributed by atoms with Crippen LogP contribution in [0, 0.1) is 5.92 Å². The van der Waals surface area contributed by atoms with Crippen molar-refractivity contribution in [2.24, 2.45) is 5.92 Å². The minimum absolute atomic E-state index is 0.214. The van der Waals surface area contributed by atoms with Gasteiger partial charge in [0.25, 0.3) is 5.91 Å². The average molecular weight is 503 g/mol. The van der Waals surface area contributed by atoms with E-state index in [-0.39, 0.29) is 23.2 Å². The van der Waals surface area contributed by atoms with Crippen molar-refractivity contribution in [3.8, 4) is 0 Å². The molecule has 0 unspecified atom stereocenters. The normalized spacial score (nSPS) is 19.3. The van der Waals surface area contributed by atoms with Crippen LogP contribution in [0.25, 0.3) is 5.65 Å². The van der Waals surface area contributed by atoms with Crippen LogP contribution >= 0.6 is 11.6 Å². The van der Waals surface area contributed by atoms with Gasteiger partial charge in [-0.1, -0.05) is 18.5 Å². The first kappa shape index (κ1) is 22.9. The lowest BCUT2D eigenvalue weighted by Gasteiger charge is -2.38. The molecule has 2 aromatic heterocycles. The summed E-state index contributed by atoms with van der Waals surface area (Å²) in [4.78, 5) is 22.4. The summed E-state index contributed by atoms with van der Waals surface area (Å²) in [6.07, 6.45) is 5.56. The molecular weight excluding hydrogens is 476 g/mol. The van der Waals surface area contributed by atoms with E-state index in [4.69, 9.17) is 21.7 Å². The van der Waals surface area contributed by atoms with Gasteiger partial charge in [0, 0.05) is 36.9 Å². The maximum Gasteiger partial charge on any atom is 0.256 e. The van der Waals surface area contributed by atoms with Crippen molar-refractivity contribution in [3.05, 3.63) is 52.8 Å². The van der Waals surface area contributed by atoms with Crippen LogP contribution in [0.2, 0.25) is 5.02 Å². The predicted molar refractivity (Wildman–Crippen MR) is 132 cm³/mol. The molecule has 3 aromatic rings. The van der Waals surface area contributed by atoms with E-state index in [0.717, 1.165) is 55.8 Å². The molecule has 0 saturated carbocycles. The molecule has 4 heterocycles. The standard InChI is InChI=1S/C23H27ClN6O3S/c1-15-13-28(14-15)21-8-10-30-22(25-21)12-19(26-30)20-5-3-4-9-29(20)23(31)17-11-16(24)6-7-18(17)27-34(2,32)33/h6-8,10-12,15,20,27H,3-5,9,13-14H2,1-2H3/t20-/m0/s1. The van der Waals surface area contributed by atoms with E-state index in [9.17, 15) is 13.2 Å². The smallest absolute Gasteiger partial charge is 0.256 e. The number of aromatic nitrogens is 3. The van der Waals surface area contributed by atoms with Crippen molar-refractivity contribution in [2.75, 3.05) is 35.5 Å². The minimum Gasteiger partial charge on any atom is -0.356 e. The van der Waals surface area contributed by atoms with Gasteiger partial charge in [-0.3, -0.25) is 9.52 Å². The lowest BCUT2D eigenvalue weighted by Crippen LogP contribution is -2.45. The number of anilines is 2. The molecule has 1 N–H and O–H groups in total. The first-order valence-electron chi connectivity index (χ1n) is 11.4. The molecule has 0 bridgehead atoms. The van der Waals surface area contributed by atoms with Gasteiger partial charge in [0.05, 0.1) is 29.2 Å². The summed E-state index contributed by atoms with van der Waals surface area (Å²) in [5, 5.41) is 5.09. The SMILES string of the molecule is CC1CN(c2ccn3nc([C@@H]4CCCCN4C(=O)c4cc(Cl)ccc4NS(C)(=O)=O)cc3n2)C1. The van der Waals surface area contributed by atoms with Crippen molar-refractivity contribution in [1.82, 2.24) is 19.5 Å². The fraction of sp³-hybridized carbons (Fsp3) is 0.435. The summed E-state index contributed by atoms with van der Waals surface area (Å²) < 4.78 is 27.9. The number of nitrogens with one attached hydrogen (secondary N) is 1. The largest absolute Gasteiger partial charge is 0.356 e. The Bertz CT molecular complexity index is 1350. The van der Waals surface area contributed by atoms with Gasteiger partial charge in [0.1, 0.15) is 5.82 Å². The van der Waals surface area contributed by atoms with Crippen LogP contribution < -0.4 is 9.62 Å². The molecule has 1 amide bonds. The Hall–Kier alpha value is -2.85. The number of carbonyl (C=O) groups excluding carboxylic acids is 1. The molecule has 2 aliphatic heterocycles. The van der Waals surface area contributed by atoms with Gasteiger partial charge >= 0.3 is 0 Å². The first-order chi connectivity index (χ1) is 16.2. The Morgan fingerprint density at radius 3 is 2.71 bits per heavy atom. The zero-order chi connectivity index (χ0) is 24.0. The highest BCUT2D eigenvalue weighted by Crippen LogP contribution is 2.34. The van der Waals surface area contributed by atoms with Gasteiger partial charge in [0.2, 0.25) is 10.0 Å². The maximum atomic E-state index is 13.7. The molecule has 0 spiro atoms. The van der Waals surface area contributed by atoms with E-state index < -0.39 is 10.0 Å². The molecule has 0 radical (unpaired) electrons. The van der Waals surface area contributed by atoms with Crippen molar-refractivity contribution in [2.45, 2.75) is 32.2 Å². The highest BCUT2D eigenvalue weighted by Gasteiger charge is 2.32. The second-order valence-corrected chi connectivity index (χ2v) is 11.4. The number of hydrogen-bond donors (Lipinski definition) is 1. The molecule has 1 atom stereocenters.